The Hall–Kier alpha value is -0.610. The minimum absolute atomic E-state index is 0.451. The molecule has 2 rings (SSSR count). The average molecular weight is 239 g/mol. The zero-order valence-corrected chi connectivity index (χ0v) is 11.0. The molecule has 1 aromatic rings. The van der Waals surface area contributed by atoms with Crippen molar-refractivity contribution in [3.05, 3.63) is 11.1 Å². The summed E-state index contributed by atoms with van der Waals surface area (Å²) in [6, 6.07) is 0. The summed E-state index contributed by atoms with van der Waals surface area (Å²) >= 11 is 1.61. The molecule has 0 bridgehead atoms. The van der Waals surface area contributed by atoms with Crippen molar-refractivity contribution in [3.63, 3.8) is 0 Å². The molecule has 1 saturated heterocycles. The first-order chi connectivity index (χ1) is 7.55. The maximum absolute atomic E-state index is 5.66. The van der Waals surface area contributed by atoms with E-state index < -0.39 is 0 Å². The van der Waals surface area contributed by atoms with Crippen LogP contribution in [0, 0.1) is 5.41 Å². The Balaban J connectivity index is 1.98. The highest BCUT2D eigenvalue weighted by Gasteiger charge is 2.24. The number of nitrogens with zero attached hydrogens (tertiary/aromatic N) is 2. The molecule has 0 radical (unpaired) electrons. The Morgan fingerprint density at radius 2 is 2.31 bits per heavy atom. The molecule has 0 saturated carbocycles. The van der Waals surface area contributed by atoms with Crippen molar-refractivity contribution in [2.45, 2.75) is 39.7 Å². The lowest BCUT2D eigenvalue weighted by molar-refractivity contribution is 0.190. The number of nitrogen functional groups attached to an aromatic ring is 1. The maximum Gasteiger partial charge on any atom is 0.180 e. The molecule has 3 nitrogen and oxygen atoms in total. The van der Waals surface area contributed by atoms with E-state index in [1.807, 2.05) is 6.20 Å². The Morgan fingerprint density at radius 1 is 1.50 bits per heavy atom. The molecule has 1 fully saturated rings. The molecule has 2 heterocycles. The van der Waals surface area contributed by atoms with Crippen molar-refractivity contribution in [1.82, 2.24) is 9.88 Å². The average Bonchev–Trinajstić information content (AvgIpc) is 2.49. The van der Waals surface area contributed by atoms with Crippen molar-refractivity contribution in [1.29, 1.82) is 0 Å². The first-order valence-electron chi connectivity index (χ1n) is 5.98. The predicted octanol–water partition coefficient (Wildman–Crippen LogP) is 2.74. The Labute approximate surface area is 102 Å². The summed E-state index contributed by atoms with van der Waals surface area (Å²) in [5, 5.41) is 0.684. The van der Waals surface area contributed by atoms with Gasteiger partial charge in [0.25, 0.3) is 0 Å². The molecule has 16 heavy (non-hydrogen) atoms. The molecule has 1 aliphatic rings. The summed E-state index contributed by atoms with van der Waals surface area (Å²) in [5.41, 5.74) is 6.11. The topological polar surface area (TPSA) is 42.2 Å². The van der Waals surface area contributed by atoms with Gasteiger partial charge in [0.2, 0.25) is 0 Å². The first-order valence-corrected chi connectivity index (χ1v) is 6.79. The van der Waals surface area contributed by atoms with Crippen LogP contribution in [-0.2, 0) is 6.54 Å². The summed E-state index contributed by atoms with van der Waals surface area (Å²) in [7, 11) is 0. The third kappa shape index (κ3) is 3.19. The van der Waals surface area contributed by atoms with Crippen molar-refractivity contribution in [2.75, 3.05) is 18.8 Å². The number of rotatable bonds is 2. The highest BCUT2D eigenvalue weighted by atomic mass is 32.1. The van der Waals surface area contributed by atoms with Crippen molar-refractivity contribution < 1.29 is 0 Å². The number of nitrogens with two attached hydrogens (primary N) is 1. The number of anilines is 1. The maximum atomic E-state index is 5.66. The molecule has 0 amide bonds. The fourth-order valence-electron chi connectivity index (χ4n) is 2.45. The molecule has 4 heteroatoms. The highest BCUT2D eigenvalue weighted by molar-refractivity contribution is 7.15. The molecule has 1 aliphatic heterocycles. The van der Waals surface area contributed by atoms with E-state index in [0.29, 0.717) is 10.5 Å². The first kappa shape index (κ1) is 11.9. The van der Waals surface area contributed by atoms with Gasteiger partial charge < -0.3 is 5.73 Å². The summed E-state index contributed by atoms with van der Waals surface area (Å²) in [5.74, 6) is 0. The van der Waals surface area contributed by atoms with Crippen LogP contribution in [-0.4, -0.2) is 23.0 Å². The Morgan fingerprint density at radius 3 is 3.00 bits per heavy atom. The van der Waals surface area contributed by atoms with Crippen LogP contribution in [0.4, 0.5) is 5.13 Å². The minimum Gasteiger partial charge on any atom is -0.375 e. The number of likely N-dealkylation sites (tertiary alicyclic amines) is 1. The van der Waals surface area contributed by atoms with Crippen LogP contribution in [0.15, 0.2) is 6.20 Å². The fourth-order valence-corrected chi connectivity index (χ4v) is 3.18. The van der Waals surface area contributed by atoms with Gasteiger partial charge in [-0.3, -0.25) is 4.90 Å². The van der Waals surface area contributed by atoms with E-state index in [4.69, 9.17) is 5.73 Å². The van der Waals surface area contributed by atoms with E-state index in [1.165, 1.54) is 37.2 Å². The van der Waals surface area contributed by atoms with Gasteiger partial charge in [0.1, 0.15) is 0 Å². The van der Waals surface area contributed by atoms with Gasteiger partial charge in [-0.05, 0) is 24.8 Å². The molecule has 1 aromatic heterocycles. The quantitative estimate of drug-likeness (QED) is 0.863. The summed E-state index contributed by atoms with van der Waals surface area (Å²) in [4.78, 5) is 7.94. The number of hydrogen-bond donors (Lipinski definition) is 1. The zero-order valence-electron chi connectivity index (χ0n) is 10.2. The lowest BCUT2D eigenvalue weighted by Crippen LogP contribution is -2.31. The summed E-state index contributed by atoms with van der Waals surface area (Å²) in [6.07, 6.45) is 5.93. The number of aromatic nitrogens is 1. The Kier molecular flexibility index (Phi) is 3.50. The van der Waals surface area contributed by atoms with Crippen LogP contribution in [0.3, 0.4) is 0 Å². The van der Waals surface area contributed by atoms with Gasteiger partial charge in [-0.1, -0.05) is 20.3 Å². The molecule has 0 atom stereocenters. The third-order valence-corrected chi connectivity index (χ3v) is 3.99. The highest BCUT2D eigenvalue weighted by Crippen LogP contribution is 2.29. The number of hydrogen-bond acceptors (Lipinski definition) is 4. The van der Waals surface area contributed by atoms with Crippen LogP contribution in [0.25, 0.3) is 0 Å². The van der Waals surface area contributed by atoms with E-state index in [0.717, 1.165) is 6.54 Å². The van der Waals surface area contributed by atoms with Crippen LogP contribution in [0.5, 0.6) is 0 Å². The van der Waals surface area contributed by atoms with Crippen LogP contribution in [0.2, 0.25) is 0 Å². The molecular formula is C12H21N3S. The van der Waals surface area contributed by atoms with Crippen molar-refractivity contribution >= 4 is 16.5 Å². The zero-order chi connectivity index (χ0) is 11.6. The standard InChI is InChI=1S/C12H21N3S/c1-12(2)5-3-4-6-15(9-12)8-10-7-14-11(13)16-10/h7H,3-6,8-9H2,1-2H3,(H2,13,14). The SMILES string of the molecule is CC1(C)CCCCN(Cc2cnc(N)s2)C1. The van der Waals surface area contributed by atoms with Gasteiger partial charge in [0, 0.05) is 24.2 Å². The fraction of sp³-hybridized carbons (Fsp3) is 0.750. The van der Waals surface area contributed by atoms with Crippen molar-refractivity contribution in [2.24, 2.45) is 5.41 Å². The molecule has 2 N–H and O–H groups in total. The van der Waals surface area contributed by atoms with Crippen LogP contribution < -0.4 is 5.73 Å². The second-order valence-electron chi connectivity index (χ2n) is 5.50. The second-order valence-corrected chi connectivity index (χ2v) is 6.64. The predicted molar refractivity (Wildman–Crippen MR) is 69.4 cm³/mol. The molecule has 0 unspecified atom stereocenters. The minimum atomic E-state index is 0.451. The Bertz CT molecular complexity index is 346. The molecule has 0 aliphatic carbocycles. The van der Waals surface area contributed by atoms with E-state index in [-0.39, 0.29) is 0 Å². The van der Waals surface area contributed by atoms with E-state index in [1.54, 1.807) is 11.3 Å². The molecule has 0 spiro atoms. The molecule has 90 valence electrons. The van der Waals surface area contributed by atoms with Gasteiger partial charge in [0.05, 0.1) is 0 Å². The normalized spacial score (nSPS) is 21.9. The van der Waals surface area contributed by atoms with Crippen molar-refractivity contribution in [3.8, 4) is 0 Å². The number of thiazole rings is 1. The smallest absolute Gasteiger partial charge is 0.180 e. The summed E-state index contributed by atoms with van der Waals surface area (Å²) < 4.78 is 0. The van der Waals surface area contributed by atoms with Crippen LogP contribution >= 0.6 is 11.3 Å². The molecular weight excluding hydrogens is 218 g/mol. The van der Waals surface area contributed by atoms with Gasteiger partial charge in [-0.2, -0.15) is 0 Å². The van der Waals surface area contributed by atoms with Gasteiger partial charge in [-0.15, -0.1) is 11.3 Å². The van der Waals surface area contributed by atoms with E-state index in [2.05, 4.69) is 23.7 Å². The lowest BCUT2D eigenvalue weighted by atomic mass is 9.88. The van der Waals surface area contributed by atoms with E-state index in [9.17, 15) is 0 Å². The van der Waals surface area contributed by atoms with Gasteiger partial charge in [-0.25, -0.2) is 4.98 Å². The summed E-state index contributed by atoms with van der Waals surface area (Å²) in [6.45, 7) is 8.14. The van der Waals surface area contributed by atoms with Crippen LogP contribution in [0.1, 0.15) is 38.0 Å². The largest absolute Gasteiger partial charge is 0.375 e. The van der Waals surface area contributed by atoms with Gasteiger partial charge >= 0.3 is 0 Å². The lowest BCUT2D eigenvalue weighted by Gasteiger charge is -2.28. The van der Waals surface area contributed by atoms with Gasteiger partial charge in [0.15, 0.2) is 5.13 Å². The third-order valence-electron chi connectivity index (χ3n) is 3.18. The second kappa shape index (κ2) is 4.72. The van der Waals surface area contributed by atoms with E-state index >= 15 is 0 Å². The molecule has 0 aromatic carbocycles. The monoisotopic (exact) mass is 239 g/mol.